The summed E-state index contributed by atoms with van der Waals surface area (Å²) in [6.45, 7) is 0. The standard InChI is InChI=1S/C20H22N2O2/c23-19-11-5-1-7-15(19)13-21-17-9-3-4-10-18(17)22-14-16-8-2-6-12-20(16)24/h1-2,5-8,11-14,17-18,23-24H,3-4,9-10H2/i1D,2D,5D,6D,7D,8D,11D,12D. The Bertz CT molecular complexity index is 974. The van der Waals surface area contributed by atoms with Crippen molar-refractivity contribution < 1.29 is 21.2 Å². The largest absolute Gasteiger partial charge is 0.507 e. The van der Waals surface area contributed by atoms with E-state index < -0.39 is 59.8 Å². The average molecular weight is 330 g/mol. The lowest BCUT2D eigenvalue weighted by atomic mass is 9.91. The van der Waals surface area contributed by atoms with Crippen molar-refractivity contribution in [3.8, 4) is 11.5 Å². The zero-order valence-electron chi connectivity index (χ0n) is 20.9. The second-order valence-electron chi connectivity index (χ2n) is 5.50. The lowest BCUT2D eigenvalue weighted by Crippen LogP contribution is -2.27. The van der Waals surface area contributed by atoms with Gasteiger partial charge in [0.1, 0.15) is 11.5 Å². The van der Waals surface area contributed by atoms with Gasteiger partial charge in [0.2, 0.25) is 0 Å². The quantitative estimate of drug-likeness (QED) is 0.834. The molecule has 4 heteroatoms. The predicted molar refractivity (Wildman–Crippen MR) is 97.4 cm³/mol. The van der Waals surface area contributed by atoms with Crippen LogP contribution < -0.4 is 0 Å². The smallest absolute Gasteiger partial charge is 0.124 e. The Kier molecular flexibility index (Phi) is 2.92. The number of aliphatic imine (C=N–C) groups is 2. The molecule has 1 fully saturated rings. The zero-order chi connectivity index (χ0) is 23.7. The number of phenolic OH excluding ortho intramolecular Hbond substituents is 2. The number of nitrogens with zero attached hydrogens (tertiary/aromatic N) is 2. The summed E-state index contributed by atoms with van der Waals surface area (Å²) < 4.78 is 62.1. The van der Waals surface area contributed by atoms with Gasteiger partial charge in [0.15, 0.2) is 0 Å². The van der Waals surface area contributed by atoms with Crippen LogP contribution in [-0.4, -0.2) is 34.7 Å². The molecule has 2 N–H and O–H groups in total. The van der Waals surface area contributed by atoms with Crippen LogP contribution in [0.2, 0.25) is 0 Å². The van der Waals surface area contributed by atoms with E-state index in [-0.39, 0.29) is 23.2 Å². The lowest BCUT2D eigenvalue weighted by molar-refractivity contribution is 0.390. The molecule has 24 heavy (non-hydrogen) atoms. The molecule has 0 aliphatic heterocycles. The van der Waals surface area contributed by atoms with Crippen molar-refractivity contribution in [1.29, 1.82) is 0 Å². The van der Waals surface area contributed by atoms with Crippen molar-refractivity contribution >= 4 is 12.4 Å². The van der Waals surface area contributed by atoms with Crippen LogP contribution in [0.25, 0.3) is 0 Å². The molecular formula is C20H22N2O2. The Morgan fingerprint density at radius 2 is 1.21 bits per heavy atom. The Balaban J connectivity index is 1.92. The molecule has 2 atom stereocenters. The molecule has 2 aromatic carbocycles. The molecule has 0 saturated heterocycles. The molecule has 0 heterocycles. The normalized spacial score (nSPS) is 26.2. The van der Waals surface area contributed by atoms with Gasteiger partial charge in [-0.05, 0) is 37.0 Å². The van der Waals surface area contributed by atoms with Gasteiger partial charge in [0, 0.05) is 23.6 Å². The van der Waals surface area contributed by atoms with Crippen LogP contribution in [0.4, 0.5) is 0 Å². The first-order chi connectivity index (χ1) is 15.1. The van der Waals surface area contributed by atoms with Crippen LogP contribution in [0.3, 0.4) is 0 Å². The highest BCUT2D eigenvalue weighted by Gasteiger charge is 2.23. The predicted octanol–water partition coefficient (Wildman–Crippen LogP) is 3.95. The Labute approximate surface area is 153 Å². The van der Waals surface area contributed by atoms with E-state index in [0.29, 0.717) is 12.8 Å². The highest BCUT2D eigenvalue weighted by atomic mass is 16.3. The summed E-state index contributed by atoms with van der Waals surface area (Å²) >= 11 is 0. The molecule has 1 saturated carbocycles. The molecule has 0 aromatic heterocycles. The third kappa shape index (κ3) is 4.02. The summed E-state index contributed by atoms with van der Waals surface area (Å²) in [6, 6.07) is -4.61. The maximum absolute atomic E-state index is 10.1. The van der Waals surface area contributed by atoms with E-state index in [0.717, 1.165) is 12.8 Å². The Morgan fingerprint density at radius 1 is 0.792 bits per heavy atom. The molecule has 2 unspecified atom stereocenters. The van der Waals surface area contributed by atoms with Gasteiger partial charge in [-0.2, -0.15) is 0 Å². The van der Waals surface area contributed by atoms with Crippen molar-refractivity contribution in [2.45, 2.75) is 37.8 Å². The monoisotopic (exact) mass is 330 g/mol. The third-order valence-corrected chi connectivity index (χ3v) is 3.88. The molecule has 0 spiro atoms. The van der Waals surface area contributed by atoms with Crippen LogP contribution >= 0.6 is 0 Å². The molecule has 1 aliphatic carbocycles. The van der Waals surface area contributed by atoms with E-state index in [9.17, 15) is 10.2 Å². The Hall–Kier alpha value is -2.62. The van der Waals surface area contributed by atoms with Crippen molar-refractivity contribution in [2.24, 2.45) is 9.98 Å². The van der Waals surface area contributed by atoms with Gasteiger partial charge in [-0.1, -0.05) is 37.0 Å². The molecule has 3 rings (SSSR count). The number of phenols is 2. The van der Waals surface area contributed by atoms with Crippen molar-refractivity contribution in [1.82, 2.24) is 0 Å². The lowest BCUT2D eigenvalue weighted by Gasteiger charge is -2.25. The number of para-hydroxylation sites is 2. The molecule has 124 valence electrons. The minimum atomic E-state index is -0.583. The van der Waals surface area contributed by atoms with Crippen molar-refractivity contribution in [3.05, 3.63) is 59.5 Å². The number of rotatable bonds is 4. The van der Waals surface area contributed by atoms with E-state index in [1.165, 1.54) is 12.4 Å². The van der Waals surface area contributed by atoms with Gasteiger partial charge in [-0.3, -0.25) is 9.98 Å². The molecular weight excluding hydrogens is 300 g/mol. The molecule has 4 nitrogen and oxygen atoms in total. The van der Waals surface area contributed by atoms with Gasteiger partial charge in [-0.15, -0.1) is 0 Å². The summed E-state index contributed by atoms with van der Waals surface area (Å²) in [6.07, 6.45) is 5.45. The maximum Gasteiger partial charge on any atom is 0.124 e. The topological polar surface area (TPSA) is 65.2 Å². The minimum Gasteiger partial charge on any atom is -0.507 e. The molecule has 0 amide bonds. The fourth-order valence-electron chi connectivity index (χ4n) is 2.60. The first kappa shape index (κ1) is 9.02. The summed E-state index contributed by atoms with van der Waals surface area (Å²) in [4.78, 5) is 8.83. The summed E-state index contributed by atoms with van der Waals surface area (Å²) in [5.41, 5.74) is -0.224. The summed E-state index contributed by atoms with van der Waals surface area (Å²) in [5, 5.41) is 20.3. The molecule has 0 radical (unpaired) electrons. The van der Waals surface area contributed by atoms with Gasteiger partial charge in [0.05, 0.1) is 23.0 Å². The first-order valence-electron chi connectivity index (χ1n) is 11.7. The maximum atomic E-state index is 10.1. The Morgan fingerprint density at radius 3 is 1.67 bits per heavy atom. The fourth-order valence-corrected chi connectivity index (χ4v) is 2.60. The van der Waals surface area contributed by atoms with E-state index in [4.69, 9.17) is 11.0 Å². The van der Waals surface area contributed by atoms with E-state index >= 15 is 0 Å². The summed E-state index contributed by atoms with van der Waals surface area (Å²) in [7, 11) is 0. The highest BCUT2D eigenvalue weighted by Crippen LogP contribution is 2.25. The van der Waals surface area contributed by atoms with Gasteiger partial charge in [-0.25, -0.2) is 0 Å². The molecule has 2 aromatic rings. The van der Waals surface area contributed by atoms with Crippen LogP contribution in [0, 0.1) is 0 Å². The van der Waals surface area contributed by atoms with E-state index in [1.807, 2.05) is 0 Å². The van der Waals surface area contributed by atoms with Crippen LogP contribution in [0.5, 0.6) is 11.5 Å². The van der Waals surface area contributed by atoms with E-state index in [1.54, 1.807) is 0 Å². The van der Waals surface area contributed by atoms with E-state index in [2.05, 4.69) is 9.98 Å². The summed E-state index contributed by atoms with van der Waals surface area (Å²) in [5.74, 6) is -1.17. The van der Waals surface area contributed by atoms with Gasteiger partial charge < -0.3 is 10.2 Å². The van der Waals surface area contributed by atoms with Crippen molar-refractivity contribution in [2.75, 3.05) is 0 Å². The SMILES string of the molecule is [2H]c1c([2H])c([2H])c(C=NC2CCCCC2N=Cc2c([2H])c([2H])c([2H])c([2H])c2O)c(O)c1[2H]. The minimum absolute atomic E-state index is 0.112. The number of hydrogen-bond acceptors (Lipinski definition) is 4. The van der Waals surface area contributed by atoms with Crippen LogP contribution in [-0.2, 0) is 0 Å². The van der Waals surface area contributed by atoms with Crippen LogP contribution in [0.15, 0.2) is 58.3 Å². The van der Waals surface area contributed by atoms with Crippen molar-refractivity contribution in [3.63, 3.8) is 0 Å². The first-order valence-corrected chi connectivity index (χ1v) is 7.71. The number of benzene rings is 2. The van der Waals surface area contributed by atoms with Gasteiger partial charge in [0.25, 0.3) is 0 Å². The second-order valence-corrected chi connectivity index (χ2v) is 5.50. The average Bonchev–Trinajstić information content (AvgIpc) is 2.79. The number of aromatic hydroxyl groups is 2. The third-order valence-electron chi connectivity index (χ3n) is 3.88. The zero-order valence-corrected chi connectivity index (χ0v) is 12.9. The van der Waals surface area contributed by atoms with Crippen LogP contribution in [0.1, 0.15) is 47.8 Å². The van der Waals surface area contributed by atoms with Gasteiger partial charge >= 0.3 is 0 Å². The highest BCUT2D eigenvalue weighted by molar-refractivity contribution is 5.84. The molecule has 1 aliphatic rings. The second kappa shape index (κ2) is 7.77. The molecule has 0 bridgehead atoms. The number of hydrogen-bond donors (Lipinski definition) is 2. The fraction of sp³-hybridized carbons (Fsp3) is 0.300.